The van der Waals surface area contributed by atoms with Gasteiger partial charge in [0, 0.05) is 34.0 Å². The van der Waals surface area contributed by atoms with Gasteiger partial charge in [0.2, 0.25) is 5.69 Å². The molecule has 2 aliphatic carbocycles. The van der Waals surface area contributed by atoms with Crippen molar-refractivity contribution in [1.82, 2.24) is 0 Å². The Morgan fingerprint density at radius 1 is 0.923 bits per heavy atom. The van der Waals surface area contributed by atoms with Crippen LogP contribution in [0.15, 0.2) is 77.3 Å². The molecule has 0 N–H and O–H groups in total. The Labute approximate surface area is 236 Å². The van der Waals surface area contributed by atoms with Crippen LogP contribution in [0, 0.1) is 30.0 Å². The fraction of sp³-hybridized carbons (Fsp3) is 0.333. The van der Waals surface area contributed by atoms with Crippen molar-refractivity contribution in [3.63, 3.8) is 0 Å². The molecule has 2 aliphatic rings. The Hall–Kier alpha value is -3.90. The number of nitrogens with zero attached hydrogens (tertiary/aromatic N) is 2. The maximum Gasteiger partial charge on any atom is 0.216 e. The normalized spacial score (nSPS) is 24.8. The first-order valence-electron chi connectivity index (χ1n) is 16.2. The number of para-hydroxylation sites is 1. The molecule has 3 aromatic carbocycles. The summed E-state index contributed by atoms with van der Waals surface area (Å²) in [5.74, 6) is 0.221. The maximum atomic E-state index is 10.2. The Bertz CT molecular complexity index is 1920. The highest BCUT2D eigenvalue weighted by Gasteiger charge is 2.33. The van der Waals surface area contributed by atoms with Gasteiger partial charge < -0.3 is 4.42 Å². The summed E-state index contributed by atoms with van der Waals surface area (Å²) in [6.07, 6.45) is 9.19. The summed E-state index contributed by atoms with van der Waals surface area (Å²) in [5, 5.41) is 12.0. The minimum absolute atomic E-state index is 0.211. The number of benzene rings is 3. The molecule has 0 amide bonds. The number of fused-ring (bicyclic) bond motifs is 4. The zero-order valence-electron chi connectivity index (χ0n) is 26.3. The van der Waals surface area contributed by atoms with Crippen LogP contribution in [-0.2, 0) is 7.05 Å². The van der Waals surface area contributed by atoms with Crippen LogP contribution in [0.2, 0.25) is 0 Å². The number of rotatable bonds is 3. The van der Waals surface area contributed by atoms with Crippen LogP contribution in [0.5, 0.6) is 0 Å². The molecule has 0 radical (unpaired) electrons. The van der Waals surface area contributed by atoms with Gasteiger partial charge in [0.1, 0.15) is 18.2 Å². The van der Waals surface area contributed by atoms with Gasteiger partial charge in [0.15, 0.2) is 6.20 Å². The second-order valence-corrected chi connectivity index (χ2v) is 11.4. The molecule has 3 atom stereocenters. The largest absolute Gasteiger partial charge is 0.454 e. The summed E-state index contributed by atoms with van der Waals surface area (Å²) in [7, 11) is 1.99. The quantitative estimate of drug-likeness (QED) is 0.225. The Kier molecular flexibility index (Phi) is 4.98. The number of pyridine rings is 1. The standard InChI is InChI=1S/C36H35N2O/c1-23-20-27(15-17-29(23)26-14-13-24-8-3-4-9-25(24)21-26)34-28(22-37)16-18-31-30-10-7-11-32(35(30)39-36(31)34)33-12-5-6-19-38(33)2/h5-7,10-12,15-20,24-26H,3-4,8-9,13-14,21H2,1-2H3/q+1/i1D3,26D. The lowest BCUT2D eigenvalue weighted by atomic mass is 9.66. The third kappa shape index (κ3) is 4.05. The van der Waals surface area contributed by atoms with E-state index in [1.54, 1.807) is 12.1 Å². The van der Waals surface area contributed by atoms with Crippen molar-refractivity contribution < 1.29 is 14.5 Å². The van der Waals surface area contributed by atoms with E-state index >= 15 is 0 Å². The lowest BCUT2D eigenvalue weighted by Gasteiger charge is -2.40. The van der Waals surface area contributed by atoms with Gasteiger partial charge in [0.05, 0.1) is 17.2 Å². The van der Waals surface area contributed by atoms with Gasteiger partial charge in [-0.2, -0.15) is 5.26 Å². The van der Waals surface area contributed by atoms with Crippen molar-refractivity contribution in [3.8, 4) is 28.5 Å². The molecule has 3 unspecified atom stereocenters. The van der Waals surface area contributed by atoms with Crippen LogP contribution in [-0.4, -0.2) is 0 Å². The summed E-state index contributed by atoms with van der Waals surface area (Å²) >= 11 is 0. The number of furan rings is 1. The minimum Gasteiger partial charge on any atom is -0.454 e. The molecule has 0 spiro atoms. The molecule has 3 nitrogen and oxygen atoms in total. The van der Waals surface area contributed by atoms with Crippen LogP contribution in [0.1, 0.15) is 73.0 Å². The van der Waals surface area contributed by atoms with Gasteiger partial charge in [-0.25, -0.2) is 4.57 Å². The smallest absolute Gasteiger partial charge is 0.216 e. The number of hydrogen-bond acceptors (Lipinski definition) is 2. The van der Waals surface area contributed by atoms with E-state index in [0.717, 1.165) is 40.5 Å². The number of aromatic nitrogens is 1. The second-order valence-electron chi connectivity index (χ2n) is 11.4. The Morgan fingerprint density at radius 2 is 1.79 bits per heavy atom. The van der Waals surface area contributed by atoms with Crippen molar-refractivity contribution in [3.05, 3.63) is 89.6 Å². The average Bonchev–Trinajstić information content (AvgIpc) is 3.39. The Morgan fingerprint density at radius 3 is 2.64 bits per heavy atom. The molecule has 0 saturated heterocycles. The highest BCUT2D eigenvalue weighted by atomic mass is 16.3. The highest BCUT2D eigenvalue weighted by Crippen LogP contribution is 2.47. The molecule has 194 valence electrons. The Balaban J connectivity index is 1.41. The summed E-state index contributed by atoms with van der Waals surface area (Å²) < 4.78 is 43.8. The predicted octanol–water partition coefficient (Wildman–Crippen LogP) is 9.00. The third-order valence-corrected chi connectivity index (χ3v) is 9.20. The van der Waals surface area contributed by atoms with E-state index in [9.17, 15) is 6.63 Å². The van der Waals surface area contributed by atoms with Crippen molar-refractivity contribution in [2.24, 2.45) is 18.9 Å². The molecule has 0 bridgehead atoms. The van der Waals surface area contributed by atoms with Gasteiger partial charge in [-0.3, -0.25) is 0 Å². The van der Waals surface area contributed by atoms with E-state index in [1.807, 2.05) is 72.4 Å². The van der Waals surface area contributed by atoms with Crippen molar-refractivity contribution >= 4 is 21.9 Å². The van der Waals surface area contributed by atoms with Crippen LogP contribution in [0.4, 0.5) is 0 Å². The van der Waals surface area contributed by atoms with E-state index in [-0.39, 0.29) is 5.56 Å². The van der Waals surface area contributed by atoms with Gasteiger partial charge in [-0.1, -0.05) is 56.0 Å². The first-order chi connectivity index (χ1) is 20.7. The van der Waals surface area contributed by atoms with Crippen LogP contribution in [0.25, 0.3) is 44.3 Å². The van der Waals surface area contributed by atoms with E-state index in [0.29, 0.717) is 52.5 Å². The van der Waals surface area contributed by atoms with Gasteiger partial charge in [-0.15, -0.1) is 0 Å². The molecule has 7 rings (SSSR count). The van der Waals surface area contributed by atoms with Gasteiger partial charge in [-0.05, 0) is 84.8 Å². The first kappa shape index (κ1) is 20.1. The van der Waals surface area contributed by atoms with E-state index < -0.39 is 12.7 Å². The monoisotopic (exact) mass is 515 g/mol. The van der Waals surface area contributed by atoms with Gasteiger partial charge in [0.25, 0.3) is 0 Å². The van der Waals surface area contributed by atoms with E-state index in [2.05, 4.69) is 6.07 Å². The van der Waals surface area contributed by atoms with Crippen molar-refractivity contribution in [2.45, 2.75) is 57.7 Å². The maximum absolute atomic E-state index is 10.2. The summed E-state index contributed by atoms with van der Waals surface area (Å²) in [6, 6.07) is 23.6. The molecular weight excluding hydrogens is 476 g/mol. The molecule has 39 heavy (non-hydrogen) atoms. The fourth-order valence-electron chi connectivity index (χ4n) is 7.21. The summed E-state index contributed by atoms with van der Waals surface area (Å²) in [6.45, 7) is -2.40. The van der Waals surface area contributed by atoms with Crippen molar-refractivity contribution in [1.29, 1.82) is 5.26 Å². The molecule has 0 aliphatic heterocycles. The van der Waals surface area contributed by atoms with Crippen molar-refractivity contribution in [2.75, 3.05) is 0 Å². The third-order valence-electron chi connectivity index (χ3n) is 9.20. The topological polar surface area (TPSA) is 40.8 Å². The molecule has 3 heteroatoms. The van der Waals surface area contributed by atoms with E-state index in [4.69, 9.17) is 8.53 Å². The fourth-order valence-corrected chi connectivity index (χ4v) is 7.21. The van der Waals surface area contributed by atoms with Crippen LogP contribution in [0.3, 0.4) is 0 Å². The van der Waals surface area contributed by atoms with Crippen LogP contribution >= 0.6 is 0 Å². The number of hydrogen-bond donors (Lipinski definition) is 0. The highest BCUT2D eigenvalue weighted by molar-refractivity contribution is 6.13. The second kappa shape index (κ2) is 9.69. The molecule has 2 aromatic heterocycles. The van der Waals surface area contributed by atoms with E-state index in [1.165, 1.54) is 19.3 Å². The summed E-state index contributed by atoms with van der Waals surface area (Å²) in [4.78, 5) is 0. The zero-order chi connectivity index (χ0) is 29.9. The zero-order valence-corrected chi connectivity index (χ0v) is 22.3. The molecule has 2 heterocycles. The number of nitriles is 1. The number of aryl methyl sites for hydroxylation is 2. The molecule has 2 saturated carbocycles. The lowest BCUT2D eigenvalue weighted by Crippen LogP contribution is -2.29. The first-order valence-corrected chi connectivity index (χ1v) is 14.2. The summed E-state index contributed by atoms with van der Waals surface area (Å²) in [5.41, 5.74) is 5.67. The molecule has 2 fully saturated rings. The van der Waals surface area contributed by atoms with Crippen LogP contribution < -0.4 is 4.57 Å². The molecule has 5 aromatic rings. The predicted molar refractivity (Wildman–Crippen MR) is 157 cm³/mol. The SMILES string of the molecule is [2H]C([2H])([2H])c1cc(-c2c(C#N)ccc3c2oc2c(-c4cccc[n+]4C)cccc23)ccc1C1([2H])CCC2CCCCC2C1. The van der Waals surface area contributed by atoms with Gasteiger partial charge >= 0.3 is 0 Å². The molecular formula is C36H35N2O+. The average molecular weight is 516 g/mol. The minimum atomic E-state index is -2.40. The lowest BCUT2D eigenvalue weighted by molar-refractivity contribution is -0.660.